The molecule has 18 heavy (non-hydrogen) atoms. The predicted octanol–water partition coefficient (Wildman–Crippen LogP) is 3.93. The summed E-state index contributed by atoms with van der Waals surface area (Å²) in [5, 5.41) is 9.42. The zero-order valence-corrected chi connectivity index (χ0v) is 11.6. The third-order valence-electron chi connectivity index (χ3n) is 3.34. The Balaban J connectivity index is 2.74. The molecule has 0 aliphatic heterocycles. The van der Waals surface area contributed by atoms with E-state index in [1.807, 2.05) is 0 Å². The minimum absolute atomic E-state index is 0.00425. The van der Waals surface area contributed by atoms with Crippen molar-refractivity contribution in [2.24, 2.45) is 0 Å². The standard InChI is InChI=1S/C15H24FNO/c1-4-6-7-17(12(3)5-2)11-13-8-14(16)10-15(18)9-13/h8-10,12,18H,4-7,11H2,1-3H3. The van der Waals surface area contributed by atoms with Crippen LogP contribution in [0.2, 0.25) is 0 Å². The summed E-state index contributed by atoms with van der Waals surface area (Å²) >= 11 is 0. The lowest BCUT2D eigenvalue weighted by Gasteiger charge is -2.28. The Morgan fingerprint density at radius 1 is 1.28 bits per heavy atom. The molecular weight excluding hydrogens is 229 g/mol. The Bertz CT molecular complexity index is 347. The van der Waals surface area contributed by atoms with Crippen molar-refractivity contribution in [1.82, 2.24) is 4.90 Å². The van der Waals surface area contributed by atoms with Crippen molar-refractivity contribution < 1.29 is 9.50 Å². The molecule has 102 valence electrons. The van der Waals surface area contributed by atoms with E-state index in [4.69, 9.17) is 0 Å². The van der Waals surface area contributed by atoms with Crippen molar-refractivity contribution in [3.8, 4) is 5.75 Å². The van der Waals surface area contributed by atoms with Gasteiger partial charge in [0.15, 0.2) is 0 Å². The summed E-state index contributed by atoms with van der Waals surface area (Å²) in [5.74, 6) is -0.366. The lowest BCUT2D eigenvalue weighted by molar-refractivity contribution is 0.192. The van der Waals surface area contributed by atoms with Gasteiger partial charge in [0, 0.05) is 18.7 Å². The third kappa shape index (κ3) is 4.65. The fourth-order valence-electron chi connectivity index (χ4n) is 2.03. The van der Waals surface area contributed by atoms with Crippen LogP contribution in [0.4, 0.5) is 4.39 Å². The van der Waals surface area contributed by atoms with E-state index in [1.54, 1.807) is 6.07 Å². The second-order valence-corrected chi connectivity index (χ2v) is 4.90. The smallest absolute Gasteiger partial charge is 0.127 e. The number of phenolic OH excluding ortho intramolecular Hbond substituents is 1. The highest BCUT2D eigenvalue weighted by Gasteiger charge is 2.13. The quantitative estimate of drug-likeness (QED) is 0.795. The maximum absolute atomic E-state index is 13.2. The molecule has 1 aromatic carbocycles. The first-order valence-corrected chi connectivity index (χ1v) is 6.79. The lowest BCUT2D eigenvalue weighted by atomic mass is 10.1. The van der Waals surface area contributed by atoms with E-state index in [-0.39, 0.29) is 11.6 Å². The van der Waals surface area contributed by atoms with E-state index in [9.17, 15) is 9.50 Å². The molecule has 1 N–H and O–H groups in total. The number of halogens is 1. The monoisotopic (exact) mass is 253 g/mol. The number of phenols is 1. The SMILES string of the molecule is CCCCN(Cc1cc(O)cc(F)c1)C(C)CC. The highest BCUT2D eigenvalue weighted by molar-refractivity contribution is 5.28. The van der Waals surface area contributed by atoms with Gasteiger partial charge >= 0.3 is 0 Å². The Labute approximate surface area is 109 Å². The molecule has 0 aliphatic carbocycles. The second kappa shape index (κ2) is 7.37. The number of rotatable bonds is 7. The first-order valence-electron chi connectivity index (χ1n) is 6.79. The molecule has 3 heteroatoms. The zero-order valence-electron chi connectivity index (χ0n) is 11.6. The Morgan fingerprint density at radius 2 is 2.00 bits per heavy atom. The van der Waals surface area contributed by atoms with Crippen LogP contribution in [0.5, 0.6) is 5.75 Å². The van der Waals surface area contributed by atoms with Gasteiger partial charge in [0.25, 0.3) is 0 Å². The molecule has 0 spiro atoms. The van der Waals surface area contributed by atoms with Crippen molar-refractivity contribution in [2.45, 2.75) is 52.6 Å². The van der Waals surface area contributed by atoms with Crippen LogP contribution >= 0.6 is 0 Å². The minimum atomic E-state index is -0.371. The average molecular weight is 253 g/mol. The molecular formula is C15H24FNO. The summed E-state index contributed by atoms with van der Waals surface area (Å²) in [6.45, 7) is 8.23. The third-order valence-corrected chi connectivity index (χ3v) is 3.34. The van der Waals surface area contributed by atoms with E-state index in [1.165, 1.54) is 6.07 Å². The van der Waals surface area contributed by atoms with Crippen molar-refractivity contribution in [2.75, 3.05) is 6.54 Å². The molecule has 0 aromatic heterocycles. The molecule has 1 atom stereocenters. The van der Waals surface area contributed by atoms with Gasteiger partial charge in [-0.2, -0.15) is 0 Å². The molecule has 0 aliphatic rings. The van der Waals surface area contributed by atoms with Gasteiger partial charge in [-0.1, -0.05) is 20.3 Å². The lowest BCUT2D eigenvalue weighted by Crippen LogP contribution is -2.33. The van der Waals surface area contributed by atoms with Crippen molar-refractivity contribution in [1.29, 1.82) is 0 Å². The summed E-state index contributed by atoms with van der Waals surface area (Å²) in [6, 6.07) is 4.76. The maximum Gasteiger partial charge on any atom is 0.127 e. The summed E-state index contributed by atoms with van der Waals surface area (Å²) in [5.41, 5.74) is 0.837. The minimum Gasteiger partial charge on any atom is -0.508 e. The highest BCUT2D eigenvalue weighted by Crippen LogP contribution is 2.18. The largest absolute Gasteiger partial charge is 0.508 e. The Kier molecular flexibility index (Phi) is 6.13. The Morgan fingerprint density at radius 3 is 2.56 bits per heavy atom. The molecule has 1 rings (SSSR count). The van der Waals surface area contributed by atoms with Crippen LogP contribution in [0.25, 0.3) is 0 Å². The molecule has 0 radical (unpaired) electrons. The molecule has 0 heterocycles. The predicted molar refractivity (Wildman–Crippen MR) is 73.1 cm³/mol. The highest BCUT2D eigenvalue weighted by atomic mass is 19.1. The summed E-state index contributed by atoms with van der Waals surface area (Å²) in [4.78, 5) is 2.34. The van der Waals surface area contributed by atoms with E-state index < -0.39 is 0 Å². The summed E-state index contributed by atoms with van der Waals surface area (Å²) in [7, 11) is 0. The van der Waals surface area contributed by atoms with Crippen LogP contribution in [0.15, 0.2) is 18.2 Å². The van der Waals surface area contributed by atoms with Gasteiger partial charge in [0.2, 0.25) is 0 Å². The molecule has 0 saturated heterocycles. The first kappa shape index (κ1) is 15.0. The molecule has 0 fully saturated rings. The van der Waals surface area contributed by atoms with E-state index in [0.29, 0.717) is 12.6 Å². The fraction of sp³-hybridized carbons (Fsp3) is 0.600. The van der Waals surface area contributed by atoms with E-state index in [0.717, 1.165) is 37.4 Å². The molecule has 2 nitrogen and oxygen atoms in total. The van der Waals surface area contributed by atoms with Crippen molar-refractivity contribution in [3.05, 3.63) is 29.6 Å². The molecule has 0 saturated carbocycles. The zero-order chi connectivity index (χ0) is 13.5. The van der Waals surface area contributed by atoms with E-state index >= 15 is 0 Å². The van der Waals surface area contributed by atoms with E-state index in [2.05, 4.69) is 25.7 Å². The molecule has 1 unspecified atom stereocenters. The van der Waals surface area contributed by atoms with Gasteiger partial charge in [0.05, 0.1) is 0 Å². The van der Waals surface area contributed by atoms with Crippen LogP contribution < -0.4 is 0 Å². The second-order valence-electron chi connectivity index (χ2n) is 4.90. The molecule has 0 bridgehead atoms. The van der Waals surface area contributed by atoms with Gasteiger partial charge in [0.1, 0.15) is 11.6 Å². The number of nitrogens with zero attached hydrogens (tertiary/aromatic N) is 1. The first-order chi connectivity index (χ1) is 8.56. The van der Waals surface area contributed by atoms with Crippen molar-refractivity contribution >= 4 is 0 Å². The number of hydrogen-bond donors (Lipinski definition) is 1. The maximum atomic E-state index is 13.2. The number of benzene rings is 1. The number of aromatic hydroxyl groups is 1. The topological polar surface area (TPSA) is 23.5 Å². The summed E-state index contributed by atoms with van der Waals surface area (Å²) in [6.07, 6.45) is 3.37. The normalized spacial score (nSPS) is 12.9. The van der Waals surface area contributed by atoms with Crippen LogP contribution in [0.1, 0.15) is 45.6 Å². The molecule has 1 aromatic rings. The van der Waals surface area contributed by atoms with Gasteiger partial charge in [-0.25, -0.2) is 4.39 Å². The van der Waals surface area contributed by atoms with Gasteiger partial charge in [-0.3, -0.25) is 4.90 Å². The molecule has 0 amide bonds. The van der Waals surface area contributed by atoms with Crippen LogP contribution in [0.3, 0.4) is 0 Å². The summed E-state index contributed by atoms with van der Waals surface area (Å²) < 4.78 is 13.2. The van der Waals surface area contributed by atoms with Gasteiger partial charge in [-0.15, -0.1) is 0 Å². The van der Waals surface area contributed by atoms with Gasteiger partial charge < -0.3 is 5.11 Å². The van der Waals surface area contributed by atoms with Crippen LogP contribution in [-0.2, 0) is 6.54 Å². The fourth-order valence-corrected chi connectivity index (χ4v) is 2.03. The van der Waals surface area contributed by atoms with Crippen molar-refractivity contribution in [3.63, 3.8) is 0 Å². The van der Waals surface area contributed by atoms with Crippen LogP contribution in [0, 0.1) is 5.82 Å². The average Bonchev–Trinajstić information content (AvgIpc) is 2.32. The number of unbranched alkanes of at least 4 members (excludes halogenated alkanes) is 1. The van der Waals surface area contributed by atoms with Gasteiger partial charge in [-0.05, 0) is 44.0 Å². The Hall–Kier alpha value is -1.09. The van der Waals surface area contributed by atoms with Crippen LogP contribution in [-0.4, -0.2) is 22.6 Å². The number of hydrogen-bond acceptors (Lipinski definition) is 2.